The van der Waals surface area contributed by atoms with E-state index in [2.05, 4.69) is 34.0 Å². The highest BCUT2D eigenvalue weighted by molar-refractivity contribution is 14.1. The number of nitrogens with zero attached hydrogens (tertiary/aromatic N) is 1. The quantitative estimate of drug-likeness (QED) is 0.807. The number of halogens is 1. The number of hydrogen-bond acceptors (Lipinski definition) is 2. The Bertz CT molecular complexity index is 702. The zero-order valence-electron chi connectivity index (χ0n) is 11.9. The van der Waals surface area contributed by atoms with Gasteiger partial charge in [0.1, 0.15) is 0 Å². The van der Waals surface area contributed by atoms with Gasteiger partial charge in [-0.3, -0.25) is 4.79 Å². The van der Waals surface area contributed by atoms with E-state index >= 15 is 0 Å². The highest BCUT2D eigenvalue weighted by Crippen LogP contribution is 2.19. The monoisotopic (exact) mass is 390 g/mol. The second-order valence-electron chi connectivity index (χ2n) is 4.87. The van der Waals surface area contributed by atoms with Crippen molar-refractivity contribution < 1.29 is 4.79 Å². The molecule has 0 aliphatic heterocycles. The summed E-state index contributed by atoms with van der Waals surface area (Å²) in [6.45, 7) is 3.92. The zero-order chi connectivity index (χ0) is 15.4. The Morgan fingerprint density at radius 1 is 1.24 bits per heavy atom. The first kappa shape index (κ1) is 15.5. The Hall–Kier alpha value is -1.87. The molecule has 0 aliphatic rings. The molecule has 1 amide bonds. The zero-order valence-corrected chi connectivity index (χ0v) is 14.0. The van der Waals surface area contributed by atoms with Crippen LogP contribution in [0.15, 0.2) is 42.5 Å². The molecule has 1 unspecified atom stereocenters. The van der Waals surface area contributed by atoms with E-state index in [9.17, 15) is 4.79 Å². The van der Waals surface area contributed by atoms with Gasteiger partial charge in [-0.15, -0.1) is 0 Å². The largest absolute Gasteiger partial charge is 0.345 e. The van der Waals surface area contributed by atoms with Crippen molar-refractivity contribution >= 4 is 28.5 Å². The number of aryl methyl sites for hydroxylation is 1. The SMILES string of the molecule is Cc1cccc(C(=O)NC(C)c2ccc(C#N)cc2)c1I. The standard InChI is InChI=1S/C17H15IN2O/c1-11-4-3-5-15(16(11)18)17(21)20-12(2)14-8-6-13(10-19)7-9-14/h3-9,12H,1-2H3,(H,20,21). The fourth-order valence-corrected chi connectivity index (χ4v) is 2.63. The molecule has 0 bridgehead atoms. The second kappa shape index (κ2) is 6.72. The van der Waals surface area contributed by atoms with Crippen LogP contribution in [0.2, 0.25) is 0 Å². The van der Waals surface area contributed by atoms with E-state index in [-0.39, 0.29) is 11.9 Å². The van der Waals surface area contributed by atoms with Gasteiger partial charge in [-0.1, -0.05) is 24.3 Å². The van der Waals surface area contributed by atoms with Gasteiger partial charge in [-0.25, -0.2) is 0 Å². The third kappa shape index (κ3) is 3.61. The summed E-state index contributed by atoms with van der Waals surface area (Å²) in [4.78, 5) is 12.4. The minimum absolute atomic E-state index is 0.0834. The third-order valence-corrected chi connectivity index (χ3v) is 4.76. The highest BCUT2D eigenvalue weighted by Gasteiger charge is 2.14. The van der Waals surface area contributed by atoms with E-state index in [4.69, 9.17) is 5.26 Å². The minimum atomic E-state index is -0.110. The topological polar surface area (TPSA) is 52.9 Å². The molecular formula is C17H15IN2O. The molecule has 0 spiro atoms. The van der Waals surface area contributed by atoms with Crippen LogP contribution in [0.3, 0.4) is 0 Å². The lowest BCUT2D eigenvalue weighted by Gasteiger charge is -2.15. The van der Waals surface area contributed by atoms with Gasteiger partial charge in [-0.05, 0) is 65.8 Å². The lowest BCUT2D eigenvalue weighted by Crippen LogP contribution is -2.27. The molecule has 2 rings (SSSR count). The molecule has 0 heterocycles. The van der Waals surface area contributed by atoms with Gasteiger partial charge in [0.05, 0.1) is 23.2 Å². The summed E-state index contributed by atoms with van der Waals surface area (Å²) in [6.07, 6.45) is 0. The normalized spacial score (nSPS) is 11.5. The van der Waals surface area contributed by atoms with Crippen LogP contribution in [0.25, 0.3) is 0 Å². The molecule has 21 heavy (non-hydrogen) atoms. The van der Waals surface area contributed by atoms with Crippen LogP contribution in [0, 0.1) is 21.8 Å². The van der Waals surface area contributed by atoms with Crippen LogP contribution in [-0.2, 0) is 0 Å². The Balaban J connectivity index is 2.15. The van der Waals surface area contributed by atoms with Gasteiger partial charge in [0.25, 0.3) is 5.91 Å². The predicted molar refractivity (Wildman–Crippen MR) is 90.9 cm³/mol. The third-order valence-electron chi connectivity index (χ3n) is 3.32. The number of carbonyl (C=O) groups is 1. The smallest absolute Gasteiger partial charge is 0.252 e. The number of benzene rings is 2. The number of carbonyl (C=O) groups excluding carboxylic acids is 1. The molecule has 2 aromatic carbocycles. The van der Waals surface area contributed by atoms with Gasteiger partial charge >= 0.3 is 0 Å². The van der Waals surface area contributed by atoms with Crippen LogP contribution < -0.4 is 5.32 Å². The molecule has 2 aromatic rings. The van der Waals surface area contributed by atoms with Crippen LogP contribution >= 0.6 is 22.6 Å². The number of rotatable bonds is 3. The molecule has 1 atom stereocenters. The predicted octanol–water partition coefficient (Wildman–Crippen LogP) is 3.96. The molecule has 0 saturated heterocycles. The lowest BCUT2D eigenvalue weighted by molar-refractivity contribution is 0.0939. The fraction of sp³-hybridized carbons (Fsp3) is 0.176. The van der Waals surface area contributed by atoms with Crippen LogP contribution in [-0.4, -0.2) is 5.91 Å². The van der Waals surface area contributed by atoms with Crippen molar-refractivity contribution in [2.24, 2.45) is 0 Å². The first-order chi connectivity index (χ1) is 10.0. The van der Waals surface area contributed by atoms with Gasteiger partial charge in [0.15, 0.2) is 0 Å². The van der Waals surface area contributed by atoms with E-state index in [1.165, 1.54) is 0 Å². The van der Waals surface area contributed by atoms with Gasteiger partial charge in [0.2, 0.25) is 0 Å². The van der Waals surface area contributed by atoms with Crippen molar-refractivity contribution in [3.63, 3.8) is 0 Å². The average Bonchev–Trinajstić information content (AvgIpc) is 2.50. The fourth-order valence-electron chi connectivity index (χ4n) is 2.03. The van der Waals surface area contributed by atoms with Gasteiger partial charge in [0, 0.05) is 3.57 Å². The molecular weight excluding hydrogens is 375 g/mol. The highest BCUT2D eigenvalue weighted by atomic mass is 127. The first-order valence-electron chi connectivity index (χ1n) is 6.59. The van der Waals surface area contributed by atoms with Crippen molar-refractivity contribution in [1.29, 1.82) is 5.26 Å². The Labute approximate surface area is 138 Å². The number of hydrogen-bond donors (Lipinski definition) is 1. The number of nitrogens with one attached hydrogen (secondary N) is 1. The van der Waals surface area contributed by atoms with E-state index in [0.717, 1.165) is 14.7 Å². The van der Waals surface area contributed by atoms with Crippen molar-refractivity contribution in [2.75, 3.05) is 0 Å². The van der Waals surface area contributed by atoms with Crippen molar-refractivity contribution in [2.45, 2.75) is 19.9 Å². The molecule has 0 fully saturated rings. The number of amides is 1. The molecule has 106 valence electrons. The summed E-state index contributed by atoms with van der Waals surface area (Å²) in [5, 5.41) is 11.8. The maximum absolute atomic E-state index is 12.4. The van der Waals surface area contributed by atoms with Crippen LogP contribution in [0.1, 0.15) is 40.0 Å². The summed E-state index contributed by atoms with van der Waals surface area (Å²) < 4.78 is 0.972. The van der Waals surface area contributed by atoms with E-state index in [0.29, 0.717) is 11.1 Å². The Morgan fingerprint density at radius 2 is 1.90 bits per heavy atom. The Kier molecular flexibility index (Phi) is 4.97. The maximum Gasteiger partial charge on any atom is 0.252 e. The van der Waals surface area contributed by atoms with Crippen molar-refractivity contribution in [1.82, 2.24) is 5.32 Å². The summed E-state index contributed by atoms with van der Waals surface area (Å²) in [6, 6.07) is 14.9. The molecule has 4 heteroatoms. The van der Waals surface area contributed by atoms with Crippen LogP contribution in [0.4, 0.5) is 0 Å². The lowest BCUT2D eigenvalue weighted by atomic mass is 10.1. The minimum Gasteiger partial charge on any atom is -0.345 e. The molecule has 0 radical (unpaired) electrons. The van der Waals surface area contributed by atoms with Gasteiger partial charge < -0.3 is 5.32 Å². The summed E-state index contributed by atoms with van der Waals surface area (Å²) in [5.41, 5.74) is 3.38. The molecule has 0 aromatic heterocycles. The summed E-state index contributed by atoms with van der Waals surface area (Å²) in [7, 11) is 0. The molecule has 3 nitrogen and oxygen atoms in total. The summed E-state index contributed by atoms with van der Waals surface area (Å²) in [5.74, 6) is -0.0834. The van der Waals surface area contributed by atoms with E-state index in [1.807, 2.05) is 44.2 Å². The maximum atomic E-state index is 12.4. The first-order valence-corrected chi connectivity index (χ1v) is 7.67. The number of nitriles is 1. The summed E-state index contributed by atoms with van der Waals surface area (Å²) >= 11 is 2.19. The van der Waals surface area contributed by atoms with Crippen molar-refractivity contribution in [3.05, 3.63) is 68.3 Å². The average molecular weight is 390 g/mol. The molecule has 0 saturated carbocycles. The van der Waals surface area contributed by atoms with Crippen molar-refractivity contribution in [3.8, 4) is 6.07 Å². The van der Waals surface area contributed by atoms with E-state index < -0.39 is 0 Å². The van der Waals surface area contributed by atoms with Crippen LogP contribution in [0.5, 0.6) is 0 Å². The second-order valence-corrected chi connectivity index (χ2v) is 5.94. The molecule has 1 N–H and O–H groups in total. The van der Waals surface area contributed by atoms with Gasteiger partial charge in [-0.2, -0.15) is 5.26 Å². The Morgan fingerprint density at radius 3 is 2.52 bits per heavy atom. The van der Waals surface area contributed by atoms with E-state index in [1.54, 1.807) is 12.1 Å². The molecule has 0 aliphatic carbocycles.